The van der Waals surface area contributed by atoms with E-state index in [4.69, 9.17) is 5.11 Å². The molecule has 2 heterocycles. The van der Waals surface area contributed by atoms with Gasteiger partial charge in [-0.05, 0) is 26.3 Å². The van der Waals surface area contributed by atoms with E-state index >= 15 is 0 Å². The Kier molecular flexibility index (Phi) is 3.28. The molecule has 1 unspecified atom stereocenters. The van der Waals surface area contributed by atoms with E-state index in [1.165, 1.54) is 6.42 Å². The summed E-state index contributed by atoms with van der Waals surface area (Å²) in [4.78, 5) is 11.0. The number of aliphatic hydroxyl groups is 1. The Hall–Kier alpha value is -1.00. The van der Waals surface area contributed by atoms with Crippen LogP contribution in [0.2, 0.25) is 0 Å². The van der Waals surface area contributed by atoms with Crippen molar-refractivity contribution in [1.29, 1.82) is 0 Å². The van der Waals surface area contributed by atoms with Crippen molar-refractivity contribution in [2.45, 2.75) is 25.8 Å². The third kappa shape index (κ3) is 2.33. The van der Waals surface area contributed by atoms with Gasteiger partial charge in [0.1, 0.15) is 0 Å². The van der Waals surface area contributed by atoms with Crippen molar-refractivity contribution >= 4 is 0 Å². The summed E-state index contributed by atoms with van der Waals surface area (Å²) in [6.07, 6.45) is 5.92. The number of rotatable bonds is 3. The summed E-state index contributed by atoms with van der Waals surface area (Å²) in [5, 5.41) is 8.97. The minimum absolute atomic E-state index is 0.218. The van der Waals surface area contributed by atoms with Crippen molar-refractivity contribution in [2.24, 2.45) is 0 Å². The molecule has 1 atom stereocenters. The first kappa shape index (κ1) is 10.5. The average molecular weight is 207 g/mol. The lowest BCUT2D eigenvalue weighted by Gasteiger charge is -2.22. The summed E-state index contributed by atoms with van der Waals surface area (Å²) in [6.45, 7) is 3.97. The fourth-order valence-corrected chi connectivity index (χ4v) is 2.20. The highest BCUT2D eigenvalue weighted by Crippen LogP contribution is 2.29. The summed E-state index contributed by atoms with van der Waals surface area (Å²) in [5.41, 5.74) is 2.00. The van der Waals surface area contributed by atoms with E-state index in [0.29, 0.717) is 6.04 Å². The van der Waals surface area contributed by atoms with Gasteiger partial charge < -0.3 is 5.11 Å². The van der Waals surface area contributed by atoms with Gasteiger partial charge in [0.15, 0.2) is 0 Å². The molecule has 1 saturated heterocycles. The molecule has 0 saturated carbocycles. The van der Waals surface area contributed by atoms with E-state index in [0.717, 1.165) is 30.9 Å². The summed E-state index contributed by atoms with van der Waals surface area (Å²) < 4.78 is 0. The number of likely N-dealkylation sites (tertiary alicyclic amines) is 1. The quantitative estimate of drug-likeness (QED) is 0.800. The topological polar surface area (TPSA) is 49.2 Å². The Morgan fingerprint density at radius 1 is 1.53 bits per heavy atom. The maximum absolute atomic E-state index is 8.97. The highest BCUT2D eigenvalue weighted by molar-refractivity contribution is 5.08. The molecule has 4 heteroatoms. The van der Waals surface area contributed by atoms with E-state index in [1.807, 2.05) is 13.1 Å². The van der Waals surface area contributed by atoms with Crippen molar-refractivity contribution < 1.29 is 5.11 Å². The molecular weight excluding hydrogens is 190 g/mol. The molecule has 1 N–H and O–H groups in total. The monoisotopic (exact) mass is 207 g/mol. The van der Waals surface area contributed by atoms with Crippen LogP contribution < -0.4 is 0 Å². The second-order valence-electron chi connectivity index (χ2n) is 4.00. The molecule has 0 radical (unpaired) electrons. The van der Waals surface area contributed by atoms with Crippen LogP contribution in [0.1, 0.15) is 30.3 Å². The van der Waals surface area contributed by atoms with Gasteiger partial charge in [-0.25, -0.2) is 0 Å². The maximum Gasteiger partial charge on any atom is 0.0761 e. The summed E-state index contributed by atoms with van der Waals surface area (Å²) in [6, 6.07) is 0.351. The highest BCUT2D eigenvalue weighted by atomic mass is 16.3. The van der Waals surface area contributed by atoms with Crippen molar-refractivity contribution in [3.8, 4) is 0 Å². The zero-order chi connectivity index (χ0) is 10.7. The van der Waals surface area contributed by atoms with Crippen molar-refractivity contribution in [1.82, 2.24) is 14.9 Å². The van der Waals surface area contributed by atoms with Gasteiger partial charge in [-0.1, -0.05) is 0 Å². The molecule has 15 heavy (non-hydrogen) atoms. The third-order valence-electron chi connectivity index (χ3n) is 2.87. The predicted molar refractivity (Wildman–Crippen MR) is 57.4 cm³/mol. The third-order valence-corrected chi connectivity index (χ3v) is 2.87. The van der Waals surface area contributed by atoms with Crippen LogP contribution in [0, 0.1) is 6.92 Å². The van der Waals surface area contributed by atoms with E-state index in [-0.39, 0.29) is 6.61 Å². The number of hydrogen-bond donors (Lipinski definition) is 1. The molecule has 1 aromatic rings. The number of aromatic nitrogens is 2. The Bertz CT molecular complexity index is 329. The molecule has 1 aliphatic heterocycles. The molecule has 0 aliphatic carbocycles. The molecule has 82 valence electrons. The Morgan fingerprint density at radius 3 is 3.13 bits per heavy atom. The lowest BCUT2D eigenvalue weighted by Crippen LogP contribution is -2.27. The van der Waals surface area contributed by atoms with Crippen LogP contribution >= 0.6 is 0 Å². The van der Waals surface area contributed by atoms with Crippen LogP contribution in [0.5, 0.6) is 0 Å². The molecule has 2 rings (SSSR count). The Morgan fingerprint density at radius 2 is 2.40 bits per heavy atom. The van der Waals surface area contributed by atoms with Crippen LogP contribution in [0.25, 0.3) is 0 Å². The van der Waals surface area contributed by atoms with Crippen LogP contribution in [-0.2, 0) is 0 Å². The van der Waals surface area contributed by atoms with Gasteiger partial charge in [0, 0.05) is 18.9 Å². The first-order valence-electron chi connectivity index (χ1n) is 5.44. The number of aryl methyl sites for hydroxylation is 1. The number of β-amino-alcohol motifs (C(OH)–C–C–N with tert-alkyl or cyclic N) is 1. The summed E-state index contributed by atoms with van der Waals surface area (Å²) in [5.74, 6) is 0. The lowest BCUT2D eigenvalue weighted by atomic mass is 10.1. The van der Waals surface area contributed by atoms with Gasteiger partial charge >= 0.3 is 0 Å². The average Bonchev–Trinajstić information content (AvgIpc) is 2.66. The fourth-order valence-electron chi connectivity index (χ4n) is 2.20. The standard InChI is InChI=1S/C11H17N3O/c1-9-7-12-8-10(13-9)11-3-2-4-14(11)5-6-15/h7-8,11,15H,2-6H2,1H3. The van der Waals surface area contributed by atoms with Crippen molar-refractivity contribution in [2.75, 3.05) is 19.7 Å². The van der Waals surface area contributed by atoms with E-state index in [9.17, 15) is 0 Å². The SMILES string of the molecule is Cc1cncc(C2CCCN2CCO)n1. The molecular formula is C11H17N3O. The highest BCUT2D eigenvalue weighted by Gasteiger charge is 2.26. The van der Waals surface area contributed by atoms with Gasteiger partial charge in [-0.3, -0.25) is 14.9 Å². The van der Waals surface area contributed by atoms with Gasteiger partial charge in [0.25, 0.3) is 0 Å². The summed E-state index contributed by atoms with van der Waals surface area (Å²) >= 11 is 0. The Labute approximate surface area is 90.0 Å². The second-order valence-corrected chi connectivity index (χ2v) is 4.00. The molecule has 0 spiro atoms. The minimum Gasteiger partial charge on any atom is -0.395 e. The molecule has 0 bridgehead atoms. The van der Waals surface area contributed by atoms with E-state index in [1.54, 1.807) is 6.20 Å². The van der Waals surface area contributed by atoms with Crippen LogP contribution in [-0.4, -0.2) is 39.7 Å². The number of nitrogens with zero attached hydrogens (tertiary/aromatic N) is 3. The van der Waals surface area contributed by atoms with Crippen molar-refractivity contribution in [3.63, 3.8) is 0 Å². The molecule has 0 aromatic carbocycles. The van der Waals surface area contributed by atoms with E-state index in [2.05, 4.69) is 14.9 Å². The van der Waals surface area contributed by atoms with Crippen LogP contribution in [0.3, 0.4) is 0 Å². The first-order chi connectivity index (χ1) is 7.31. The summed E-state index contributed by atoms with van der Waals surface area (Å²) in [7, 11) is 0. The van der Waals surface area contributed by atoms with Crippen molar-refractivity contribution in [3.05, 3.63) is 23.8 Å². The second kappa shape index (κ2) is 4.68. The van der Waals surface area contributed by atoms with Crippen LogP contribution in [0.4, 0.5) is 0 Å². The van der Waals surface area contributed by atoms with Gasteiger partial charge in [-0.15, -0.1) is 0 Å². The molecule has 0 amide bonds. The molecule has 1 aliphatic rings. The fraction of sp³-hybridized carbons (Fsp3) is 0.636. The molecule has 4 nitrogen and oxygen atoms in total. The predicted octanol–water partition coefficient (Wildman–Crippen LogP) is 0.914. The number of hydrogen-bond acceptors (Lipinski definition) is 4. The lowest BCUT2D eigenvalue weighted by molar-refractivity contribution is 0.183. The van der Waals surface area contributed by atoms with Crippen LogP contribution in [0.15, 0.2) is 12.4 Å². The van der Waals surface area contributed by atoms with Gasteiger partial charge in [0.2, 0.25) is 0 Å². The molecule has 1 fully saturated rings. The normalized spacial score (nSPS) is 22.1. The van der Waals surface area contributed by atoms with Gasteiger partial charge in [-0.2, -0.15) is 0 Å². The Balaban J connectivity index is 2.15. The molecule has 1 aromatic heterocycles. The zero-order valence-electron chi connectivity index (χ0n) is 9.06. The number of aliphatic hydroxyl groups excluding tert-OH is 1. The smallest absolute Gasteiger partial charge is 0.0761 e. The largest absolute Gasteiger partial charge is 0.395 e. The zero-order valence-corrected chi connectivity index (χ0v) is 9.06. The minimum atomic E-state index is 0.218. The van der Waals surface area contributed by atoms with Gasteiger partial charge in [0.05, 0.1) is 24.0 Å². The first-order valence-corrected chi connectivity index (χ1v) is 5.44. The van der Waals surface area contributed by atoms with E-state index < -0.39 is 0 Å². The maximum atomic E-state index is 8.97.